The summed E-state index contributed by atoms with van der Waals surface area (Å²) in [5.41, 5.74) is 5.90. The number of ether oxygens (including phenoxy) is 2. The van der Waals surface area contributed by atoms with Crippen LogP contribution in [0.4, 0.5) is 23.8 Å². The van der Waals surface area contributed by atoms with Gasteiger partial charge in [-0.15, -0.1) is 5.10 Å². The van der Waals surface area contributed by atoms with E-state index < -0.39 is 17.3 Å². The number of nitrogen functional groups attached to an aromatic ring is 1. The van der Waals surface area contributed by atoms with Crippen LogP contribution in [0.1, 0.15) is 32.8 Å². The highest BCUT2D eigenvalue weighted by Crippen LogP contribution is 2.39. The standard InChI is InChI=1S/C23H27F3N6O3/c1-22(2,3)35-21(33)32-11-13(12-32)7-8-34-18-6-5-14(9-15(18)23(24,25)26)16-10-17-19(20(27)28-16)29-30-31(17)4/h5-6,9-10,13H,7-8,11-12H2,1-4H3,(H2,27,28). The topological polar surface area (TPSA) is 108 Å². The van der Waals surface area contributed by atoms with E-state index in [0.717, 1.165) is 6.07 Å². The van der Waals surface area contributed by atoms with Crippen LogP contribution in [0.15, 0.2) is 24.3 Å². The maximum Gasteiger partial charge on any atom is 0.419 e. The highest BCUT2D eigenvalue weighted by atomic mass is 19.4. The SMILES string of the molecule is Cn1nnc2c(N)nc(-c3ccc(OCCC4CN(C(=O)OC(C)(C)C)C4)c(C(F)(F)F)c3)cc21. The molecule has 9 nitrogen and oxygen atoms in total. The van der Waals surface area contributed by atoms with Gasteiger partial charge in [-0.1, -0.05) is 5.21 Å². The van der Waals surface area contributed by atoms with Crippen LogP contribution in [0.3, 0.4) is 0 Å². The maximum absolute atomic E-state index is 13.8. The number of nitrogens with zero attached hydrogens (tertiary/aromatic N) is 5. The number of likely N-dealkylation sites (tertiary alicyclic amines) is 1. The van der Waals surface area contributed by atoms with Crippen molar-refractivity contribution in [3.05, 3.63) is 29.8 Å². The van der Waals surface area contributed by atoms with Crippen molar-refractivity contribution < 1.29 is 27.4 Å². The Labute approximate surface area is 200 Å². The summed E-state index contributed by atoms with van der Waals surface area (Å²) < 4.78 is 53.8. The molecule has 0 unspecified atom stereocenters. The number of pyridine rings is 1. The largest absolute Gasteiger partial charge is 0.493 e. The van der Waals surface area contributed by atoms with Gasteiger partial charge in [0.25, 0.3) is 0 Å². The molecule has 1 aliphatic heterocycles. The van der Waals surface area contributed by atoms with Gasteiger partial charge in [-0.2, -0.15) is 13.2 Å². The van der Waals surface area contributed by atoms with Crippen molar-refractivity contribution in [2.75, 3.05) is 25.4 Å². The third-order valence-electron chi connectivity index (χ3n) is 5.60. The fourth-order valence-corrected chi connectivity index (χ4v) is 3.80. The molecule has 0 aliphatic carbocycles. The number of alkyl halides is 3. The zero-order valence-corrected chi connectivity index (χ0v) is 19.9. The molecule has 12 heteroatoms. The average molecular weight is 493 g/mol. The normalized spacial score (nSPS) is 14.8. The number of hydrogen-bond acceptors (Lipinski definition) is 7. The van der Waals surface area contributed by atoms with Gasteiger partial charge in [0.1, 0.15) is 11.4 Å². The molecule has 1 saturated heterocycles. The molecule has 0 saturated carbocycles. The van der Waals surface area contributed by atoms with Gasteiger partial charge in [0.05, 0.1) is 23.4 Å². The number of aromatic nitrogens is 4. The quantitative estimate of drug-likeness (QED) is 0.567. The first-order valence-corrected chi connectivity index (χ1v) is 11.1. The predicted octanol–water partition coefficient (Wildman–Crippen LogP) is 4.27. The van der Waals surface area contributed by atoms with E-state index in [-0.39, 0.29) is 41.4 Å². The third kappa shape index (κ3) is 5.41. The summed E-state index contributed by atoms with van der Waals surface area (Å²) in [7, 11) is 1.66. The van der Waals surface area contributed by atoms with Gasteiger partial charge >= 0.3 is 12.3 Å². The van der Waals surface area contributed by atoms with Gasteiger partial charge < -0.3 is 20.1 Å². The molecule has 3 aromatic rings. The van der Waals surface area contributed by atoms with Crippen LogP contribution in [-0.4, -0.2) is 56.3 Å². The first-order chi connectivity index (χ1) is 16.3. The summed E-state index contributed by atoms with van der Waals surface area (Å²) in [4.78, 5) is 17.8. The molecule has 4 rings (SSSR count). The maximum atomic E-state index is 13.8. The van der Waals surface area contributed by atoms with Crippen LogP contribution in [0.25, 0.3) is 22.3 Å². The molecule has 2 N–H and O–H groups in total. The Kier molecular flexibility index (Phi) is 6.24. The number of fused-ring (bicyclic) bond motifs is 1. The number of hydrogen-bond donors (Lipinski definition) is 1. The Bertz CT molecular complexity index is 1250. The number of carbonyl (C=O) groups excluding carboxylic acids is 1. The van der Waals surface area contributed by atoms with Crippen molar-refractivity contribution in [2.24, 2.45) is 13.0 Å². The van der Waals surface area contributed by atoms with E-state index in [1.165, 1.54) is 16.8 Å². The van der Waals surface area contributed by atoms with Crippen molar-refractivity contribution in [3.8, 4) is 17.0 Å². The number of aryl methyl sites for hydroxylation is 1. The van der Waals surface area contributed by atoms with Gasteiger partial charge in [0.15, 0.2) is 11.3 Å². The van der Waals surface area contributed by atoms with Gasteiger partial charge in [-0.3, -0.25) is 0 Å². The average Bonchev–Trinajstić information content (AvgIpc) is 3.09. The number of rotatable bonds is 5. The van der Waals surface area contributed by atoms with E-state index in [4.69, 9.17) is 15.2 Å². The highest BCUT2D eigenvalue weighted by Gasteiger charge is 2.36. The fourth-order valence-electron chi connectivity index (χ4n) is 3.80. The molecule has 0 atom stereocenters. The van der Waals surface area contributed by atoms with Gasteiger partial charge in [-0.25, -0.2) is 14.5 Å². The number of carbonyl (C=O) groups is 1. The van der Waals surface area contributed by atoms with Crippen LogP contribution < -0.4 is 10.5 Å². The Morgan fingerprint density at radius 3 is 2.57 bits per heavy atom. The van der Waals surface area contributed by atoms with Crippen molar-refractivity contribution >= 4 is 22.9 Å². The van der Waals surface area contributed by atoms with E-state index in [1.54, 1.807) is 38.8 Å². The Balaban J connectivity index is 1.43. The lowest BCUT2D eigenvalue weighted by Crippen LogP contribution is -2.51. The van der Waals surface area contributed by atoms with Crippen LogP contribution >= 0.6 is 0 Å². The lowest BCUT2D eigenvalue weighted by atomic mass is 9.97. The molecule has 188 valence electrons. The minimum Gasteiger partial charge on any atom is -0.493 e. The monoisotopic (exact) mass is 492 g/mol. The first-order valence-electron chi connectivity index (χ1n) is 11.1. The molecular weight excluding hydrogens is 465 g/mol. The second-order valence-electron chi connectivity index (χ2n) is 9.57. The molecular formula is C23H27F3N6O3. The number of benzene rings is 1. The van der Waals surface area contributed by atoms with Gasteiger partial charge in [-0.05, 0) is 57.4 Å². The summed E-state index contributed by atoms with van der Waals surface area (Å²) in [6.45, 7) is 6.44. The first kappa shape index (κ1) is 24.6. The van der Waals surface area contributed by atoms with E-state index in [1.807, 2.05) is 0 Å². The van der Waals surface area contributed by atoms with Crippen molar-refractivity contribution in [1.82, 2.24) is 24.9 Å². The molecule has 1 aromatic carbocycles. The number of nitrogens with two attached hydrogens (primary N) is 1. The Morgan fingerprint density at radius 1 is 1.20 bits per heavy atom. The van der Waals surface area contributed by atoms with Crippen LogP contribution in [0.2, 0.25) is 0 Å². The fraction of sp³-hybridized carbons (Fsp3) is 0.478. The van der Waals surface area contributed by atoms with E-state index in [0.29, 0.717) is 30.5 Å². The number of anilines is 1. The van der Waals surface area contributed by atoms with Crippen molar-refractivity contribution in [1.29, 1.82) is 0 Å². The summed E-state index contributed by atoms with van der Waals surface area (Å²) >= 11 is 0. The number of halogens is 3. The molecule has 0 bridgehead atoms. The second kappa shape index (κ2) is 8.90. The van der Waals surface area contributed by atoms with E-state index >= 15 is 0 Å². The molecule has 0 spiro atoms. The third-order valence-corrected chi connectivity index (χ3v) is 5.60. The summed E-state index contributed by atoms with van der Waals surface area (Å²) in [6.07, 6.45) is -4.50. The molecule has 0 radical (unpaired) electrons. The van der Waals surface area contributed by atoms with Crippen molar-refractivity contribution in [2.45, 2.75) is 39.0 Å². The predicted molar refractivity (Wildman–Crippen MR) is 123 cm³/mol. The Morgan fingerprint density at radius 2 is 1.91 bits per heavy atom. The zero-order valence-electron chi connectivity index (χ0n) is 19.9. The van der Waals surface area contributed by atoms with E-state index in [9.17, 15) is 18.0 Å². The molecule has 2 aromatic heterocycles. The summed E-state index contributed by atoms with van der Waals surface area (Å²) in [6, 6.07) is 5.39. The minimum atomic E-state index is -4.63. The van der Waals surface area contributed by atoms with Gasteiger partial charge in [0.2, 0.25) is 0 Å². The zero-order chi connectivity index (χ0) is 25.5. The molecule has 1 aliphatic rings. The smallest absolute Gasteiger partial charge is 0.419 e. The minimum absolute atomic E-state index is 0.0837. The lowest BCUT2D eigenvalue weighted by Gasteiger charge is -2.39. The Hall–Kier alpha value is -3.57. The van der Waals surface area contributed by atoms with Crippen LogP contribution in [0.5, 0.6) is 5.75 Å². The van der Waals surface area contributed by atoms with Crippen LogP contribution in [-0.2, 0) is 18.0 Å². The molecule has 3 heterocycles. The second-order valence-corrected chi connectivity index (χ2v) is 9.57. The van der Waals surface area contributed by atoms with E-state index in [2.05, 4.69) is 15.3 Å². The van der Waals surface area contributed by atoms with Crippen molar-refractivity contribution in [3.63, 3.8) is 0 Å². The molecule has 1 fully saturated rings. The summed E-state index contributed by atoms with van der Waals surface area (Å²) in [5.74, 6) is -0.0382. The number of amides is 1. The lowest BCUT2D eigenvalue weighted by molar-refractivity contribution is -0.139. The highest BCUT2D eigenvalue weighted by molar-refractivity contribution is 5.87. The van der Waals surface area contributed by atoms with Crippen LogP contribution in [0, 0.1) is 5.92 Å². The van der Waals surface area contributed by atoms with Gasteiger partial charge in [0, 0.05) is 25.7 Å². The molecule has 35 heavy (non-hydrogen) atoms. The molecule has 1 amide bonds. The summed E-state index contributed by atoms with van der Waals surface area (Å²) in [5, 5.41) is 7.78.